The highest BCUT2D eigenvalue weighted by Gasteiger charge is 2.02. The van der Waals surface area contributed by atoms with Gasteiger partial charge in [0.1, 0.15) is 0 Å². The van der Waals surface area contributed by atoms with Crippen molar-refractivity contribution < 1.29 is 4.79 Å². The Morgan fingerprint density at radius 2 is 1.95 bits per heavy atom. The van der Waals surface area contributed by atoms with Crippen LogP contribution in [0.5, 0.6) is 0 Å². The number of H-pyrrole nitrogens is 1. The van der Waals surface area contributed by atoms with Crippen LogP contribution in [0.4, 0.5) is 5.69 Å². The van der Waals surface area contributed by atoms with E-state index in [0.717, 1.165) is 5.56 Å². The van der Waals surface area contributed by atoms with Gasteiger partial charge in [0.15, 0.2) is 0 Å². The molecule has 20 heavy (non-hydrogen) atoms. The molecule has 0 atom stereocenters. The fraction of sp³-hybridized carbons (Fsp3) is 0.0714. The van der Waals surface area contributed by atoms with E-state index in [4.69, 9.17) is 5.73 Å². The van der Waals surface area contributed by atoms with Crippen molar-refractivity contribution in [2.45, 2.75) is 6.92 Å². The Labute approximate surface area is 115 Å². The van der Waals surface area contributed by atoms with Gasteiger partial charge in [-0.3, -0.25) is 9.59 Å². The Hall–Kier alpha value is -2.89. The average molecular weight is 270 g/mol. The number of hydrogen-bond donors (Lipinski definition) is 3. The van der Waals surface area contributed by atoms with Crippen molar-refractivity contribution in [1.82, 2.24) is 10.2 Å². The number of nitrogens with one attached hydrogen (secondary N) is 2. The molecule has 1 aromatic carbocycles. The molecule has 6 heteroatoms. The SMILES string of the molecule is C/C(N)=C/C(=O)Nc1ccc(-c2ccc(=O)[nH]n2)cc1. The number of hydrogen-bond acceptors (Lipinski definition) is 4. The largest absolute Gasteiger partial charge is 0.402 e. The van der Waals surface area contributed by atoms with E-state index in [1.54, 1.807) is 37.3 Å². The van der Waals surface area contributed by atoms with Gasteiger partial charge in [-0.05, 0) is 25.1 Å². The summed E-state index contributed by atoms with van der Waals surface area (Å²) in [6, 6.07) is 10.1. The summed E-state index contributed by atoms with van der Waals surface area (Å²) in [5.41, 5.74) is 7.76. The van der Waals surface area contributed by atoms with Gasteiger partial charge in [0.25, 0.3) is 5.56 Å². The Morgan fingerprint density at radius 1 is 1.25 bits per heavy atom. The molecule has 0 radical (unpaired) electrons. The summed E-state index contributed by atoms with van der Waals surface area (Å²) in [5, 5.41) is 8.98. The molecule has 0 aliphatic heterocycles. The summed E-state index contributed by atoms with van der Waals surface area (Å²) in [4.78, 5) is 22.4. The molecule has 0 bridgehead atoms. The molecule has 0 aliphatic carbocycles. The molecule has 2 rings (SSSR count). The summed E-state index contributed by atoms with van der Waals surface area (Å²) in [6.45, 7) is 1.64. The molecule has 1 heterocycles. The predicted octanol–water partition coefficient (Wildman–Crippen LogP) is 1.24. The third-order valence-electron chi connectivity index (χ3n) is 2.49. The highest BCUT2D eigenvalue weighted by atomic mass is 16.1. The molecule has 102 valence electrons. The number of aromatic nitrogens is 2. The molecule has 6 nitrogen and oxygen atoms in total. The lowest BCUT2D eigenvalue weighted by atomic mass is 10.1. The van der Waals surface area contributed by atoms with Crippen LogP contribution in [0.3, 0.4) is 0 Å². The number of carbonyl (C=O) groups excluding carboxylic acids is 1. The van der Waals surface area contributed by atoms with Gasteiger partial charge in [0.2, 0.25) is 5.91 Å². The Balaban J connectivity index is 2.14. The number of anilines is 1. The number of allylic oxidation sites excluding steroid dienone is 1. The smallest absolute Gasteiger partial charge is 0.264 e. The first-order valence-electron chi connectivity index (χ1n) is 5.95. The first kappa shape index (κ1) is 13.5. The number of aromatic amines is 1. The third-order valence-corrected chi connectivity index (χ3v) is 2.49. The molecule has 0 fully saturated rings. The van der Waals surface area contributed by atoms with Gasteiger partial charge in [-0.2, -0.15) is 5.10 Å². The van der Waals surface area contributed by atoms with Crippen LogP contribution >= 0.6 is 0 Å². The van der Waals surface area contributed by atoms with Crippen LogP contribution in [-0.2, 0) is 4.79 Å². The highest BCUT2D eigenvalue weighted by Crippen LogP contribution is 2.18. The third kappa shape index (κ3) is 3.55. The normalized spacial score (nSPS) is 11.2. The summed E-state index contributed by atoms with van der Waals surface area (Å²) in [7, 11) is 0. The predicted molar refractivity (Wildman–Crippen MR) is 76.9 cm³/mol. The molecule has 0 saturated carbocycles. The van der Waals surface area contributed by atoms with E-state index < -0.39 is 0 Å². The van der Waals surface area contributed by atoms with E-state index in [-0.39, 0.29) is 11.5 Å². The standard InChI is InChI=1S/C14H14N4O2/c1-9(15)8-14(20)16-11-4-2-10(3-5-11)12-6-7-13(19)18-17-12/h2-8H,15H2,1H3,(H,16,20)(H,18,19)/b9-8-. The lowest BCUT2D eigenvalue weighted by Gasteiger charge is -2.04. The quantitative estimate of drug-likeness (QED) is 0.730. The maximum absolute atomic E-state index is 11.5. The van der Waals surface area contributed by atoms with Crippen LogP contribution in [0.25, 0.3) is 11.3 Å². The van der Waals surface area contributed by atoms with Gasteiger partial charge in [-0.25, -0.2) is 5.10 Å². The number of benzene rings is 1. The Kier molecular flexibility index (Phi) is 3.95. The molecule has 4 N–H and O–H groups in total. The van der Waals surface area contributed by atoms with Gasteiger partial charge in [0.05, 0.1) is 5.69 Å². The van der Waals surface area contributed by atoms with E-state index in [9.17, 15) is 9.59 Å². The number of rotatable bonds is 3. The lowest BCUT2D eigenvalue weighted by molar-refractivity contribution is -0.111. The number of nitrogens with two attached hydrogens (primary N) is 1. The van der Waals surface area contributed by atoms with E-state index in [0.29, 0.717) is 17.1 Å². The van der Waals surface area contributed by atoms with Crippen LogP contribution in [0.1, 0.15) is 6.92 Å². The fourth-order valence-electron chi connectivity index (χ4n) is 1.61. The van der Waals surface area contributed by atoms with Gasteiger partial charge in [0, 0.05) is 29.1 Å². The van der Waals surface area contributed by atoms with Crippen molar-refractivity contribution in [3.05, 3.63) is 58.5 Å². The van der Waals surface area contributed by atoms with Gasteiger partial charge in [-0.15, -0.1) is 0 Å². The molecule has 0 unspecified atom stereocenters. The fourth-order valence-corrected chi connectivity index (χ4v) is 1.61. The number of amides is 1. The monoisotopic (exact) mass is 270 g/mol. The van der Waals surface area contributed by atoms with Crippen LogP contribution in [0, 0.1) is 0 Å². The van der Waals surface area contributed by atoms with Crippen molar-refractivity contribution in [3.8, 4) is 11.3 Å². The summed E-state index contributed by atoms with van der Waals surface area (Å²) < 4.78 is 0. The van der Waals surface area contributed by atoms with Crippen LogP contribution in [-0.4, -0.2) is 16.1 Å². The highest BCUT2D eigenvalue weighted by molar-refractivity contribution is 5.99. The summed E-state index contributed by atoms with van der Waals surface area (Å²) in [5.74, 6) is -0.278. The van der Waals surface area contributed by atoms with Gasteiger partial charge >= 0.3 is 0 Å². The maximum atomic E-state index is 11.5. The molecular formula is C14H14N4O2. The molecule has 0 saturated heterocycles. The second kappa shape index (κ2) is 5.83. The Bertz CT molecular complexity index is 677. The van der Waals surface area contributed by atoms with Crippen LogP contribution in [0.15, 0.2) is 53.0 Å². The minimum absolute atomic E-state index is 0.249. The van der Waals surface area contributed by atoms with Crippen molar-refractivity contribution in [1.29, 1.82) is 0 Å². The minimum Gasteiger partial charge on any atom is -0.402 e. The van der Waals surface area contributed by atoms with E-state index in [2.05, 4.69) is 15.5 Å². The van der Waals surface area contributed by atoms with Crippen LogP contribution in [0.2, 0.25) is 0 Å². The molecule has 0 aliphatic rings. The van der Waals surface area contributed by atoms with Gasteiger partial charge in [-0.1, -0.05) is 12.1 Å². The zero-order chi connectivity index (χ0) is 14.5. The van der Waals surface area contributed by atoms with E-state index in [1.807, 2.05) is 0 Å². The van der Waals surface area contributed by atoms with Crippen molar-refractivity contribution in [2.24, 2.45) is 5.73 Å². The Morgan fingerprint density at radius 3 is 2.50 bits per heavy atom. The zero-order valence-corrected chi connectivity index (χ0v) is 10.9. The molecule has 1 aromatic heterocycles. The van der Waals surface area contributed by atoms with Crippen molar-refractivity contribution in [2.75, 3.05) is 5.32 Å². The molecule has 0 spiro atoms. The summed E-state index contributed by atoms with van der Waals surface area (Å²) in [6.07, 6.45) is 1.32. The first-order chi connectivity index (χ1) is 9.54. The van der Waals surface area contributed by atoms with Crippen molar-refractivity contribution in [3.63, 3.8) is 0 Å². The second-order valence-corrected chi connectivity index (χ2v) is 4.26. The van der Waals surface area contributed by atoms with Crippen LogP contribution < -0.4 is 16.6 Å². The lowest BCUT2D eigenvalue weighted by Crippen LogP contribution is -2.10. The first-order valence-corrected chi connectivity index (χ1v) is 5.95. The second-order valence-electron chi connectivity index (χ2n) is 4.26. The maximum Gasteiger partial charge on any atom is 0.264 e. The average Bonchev–Trinajstić information content (AvgIpc) is 2.39. The van der Waals surface area contributed by atoms with E-state index in [1.165, 1.54) is 12.1 Å². The molecular weight excluding hydrogens is 256 g/mol. The topological polar surface area (TPSA) is 101 Å². The zero-order valence-electron chi connectivity index (χ0n) is 10.9. The number of nitrogens with zero attached hydrogens (tertiary/aromatic N) is 1. The van der Waals surface area contributed by atoms with Gasteiger partial charge < -0.3 is 11.1 Å². The molecule has 1 amide bonds. The number of carbonyl (C=O) groups is 1. The van der Waals surface area contributed by atoms with E-state index >= 15 is 0 Å². The van der Waals surface area contributed by atoms with Crippen molar-refractivity contribution >= 4 is 11.6 Å². The molecule has 2 aromatic rings. The summed E-state index contributed by atoms with van der Waals surface area (Å²) >= 11 is 0. The minimum atomic E-state index is -0.278.